The molecule has 1 unspecified atom stereocenters. The molecule has 3 rings (SSSR count). The number of cyclic esters (lactones) is 1. The van der Waals surface area contributed by atoms with Gasteiger partial charge in [0.25, 0.3) is 5.69 Å². The maximum absolute atomic E-state index is 12.1. The summed E-state index contributed by atoms with van der Waals surface area (Å²) in [6.45, 7) is 0. The molecule has 2 aliphatic heterocycles. The molecule has 7 heteroatoms. The number of nitro groups is 1. The maximum Gasteiger partial charge on any atom is 0.340 e. The van der Waals surface area contributed by atoms with Crippen LogP contribution in [0.25, 0.3) is 0 Å². The molecule has 0 radical (unpaired) electrons. The lowest BCUT2D eigenvalue weighted by molar-refractivity contribution is -0.384. The van der Waals surface area contributed by atoms with Crippen molar-refractivity contribution in [2.24, 2.45) is 0 Å². The number of esters is 1. The minimum atomic E-state index is -0.487. The zero-order valence-corrected chi connectivity index (χ0v) is 12.5. The van der Waals surface area contributed by atoms with Gasteiger partial charge in [0, 0.05) is 23.6 Å². The molecular weight excluding hydrogens is 310 g/mol. The van der Waals surface area contributed by atoms with Crippen LogP contribution in [-0.2, 0) is 9.53 Å². The Kier molecular flexibility index (Phi) is 4.03. The van der Waals surface area contributed by atoms with Gasteiger partial charge in [0.05, 0.1) is 14.7 Å². The number of hydrogen-bond acceptors (Lipinski definition) is 6. The highest BCUT2D eigenvalue weighted by Gasteiger charge is 2.26. The van der Waals surface area contributed by atoms with Crippen LogP contribution in [0.4, 0.5) is 5.69 Å². The molecule has 1 aromatic carbocycles. The van der Waals surface area contributed by atoms with Gasteiger partial charge in [0.15, 0.2) is 0 Å². The van der Waals surface area contributed by atoms with E-state index in [0.717, 1.165) is 21.3 Å². The van der Waals surface area contributed by atoms with E-state index >= 15 is 0 Å². The van der Waals surface area contributed by atoms with E-state index in [1.165, 1.54) is 12.1 Å². The fourth-order valence-electron chi connectivity index (χ4n) is 2.05. The van der Waals surface area contributed by atoms with Crippen LogP contribution >= 0.6 is 23.5 Å². The van der Waals surface area contributed by atoms with Gasteiger partial charge in [0.2, 0.25) is 0 Å². The van der Waals surface area contributed by atoms with Crippen LogP contribution in [-0.4, -0.2) is 22.4 Å². The quantitative estimate of drug-likeness (QED) is 0.360. The Labute approximate surface area is 129 Å². The van der Waals surface area contributed by atoms with Crippen LogP contribution in [0.3, 0.4) is 0 Å². The molecule has 2 aliphatic rings. The van der Waals surface area contributed by atoms with Crippen molar-refractivity contribution >= 4 is 35.2 Å². The van der Waals surface area contributed by atoms with Crippen LogP contribution in [0.5, 0.6) is 0 Å². The monoisotopic (exact) mass is 321 g/mol. The van der Waals surface area contributed by atoms with Crippen LogP contribution in [0.1, 0.15) is 11.7 Å². The molecule has 5 nitrogen and oxygen atoms in total. The maximum atomic E-state index is 12.1. The standard InChI is InChI=1S/C14H11NO4S2/c16-13-11(14-20-7-8-21-14)5-6-12(19-13)9-1-3-10(4-2-9)15(17)18/h1-6,12H,7-8H2. The second-order valence-corrected chi connectivity index (χ2v) is 6.90. The summed E-state index contributed by atoms with van der Waals surface area (Å²) in [6.07, 6.45) is 3.11. The van der Waals surface area contributed by atoms with E-state index in [4.69, 9.17) is 4.74 Å². The fraction of sp³-hybridized carbons (Fsp3) is 0.214. The Bertz CT molecular complexity index is 643. The lowest BCUT2D eigenvalue weighted by atomic mass is 10.1. The third-order valence-electron chi connectivity index (χ3n) is 3.09. The zero-order valence-electron chi connectivity index (χ0n) is 10.9. The Morgan fingerprint density at radius 2 is 1.86 bits per heavy atom. The summed E-state index contributed by atoms with van der Waals surface area (Å²) in [5.74, 6) is 1.69. The van der Waals surface area contributed by atoms with Gasteiger partial charge in [0.1, 0.15) is 6.10 Å². The number of nitro benzene ring substituents is 1. The molecule has 2 heterocycles. The van der Waals surface area contributed by atoms with E-state index in [0.29, 0.717) is 5.57 Å². The van der Waals surface area contributed by atoms with Gasteiger partial charge in [-0.3, -0.25) is 10.1 Å². The second-order valence-electron chi connectivity index (χ2n) is 4.43. The Balaban J connectivity index is 1.82. The Hall–Kier alpha value is -1.73. The highest BCUT2D eigenvalue weighted by molar-refractivity contribution is 8.25. The highest BCUT2D eigenvalue weighted by Crippen LogP contribution is 2.41. The second kappa shape index (κ2) is 5.95. The Morgan fingerprint density at radius 1 is 1.19 bits per heavy atom. The van der Waals surface area contributed by atoms with Gasteiger partial charge in [-0.2, -0.15) is 0 Å². The molecule has 108 valence electrons. The molecule has 0 aliphatic carbocycles. The van der Waals surface area contributed by atoms with E-state index in [1.807, 2.05) is 6.08 Å². The third kappa shape index (κ3) is 2.98. The van der Waals surface area contributed by atoms with Crippen molar-refractivity contribution in [1.29, 1.82) is 0 Å². The molecule has 0 bridgehead atoms. The number of carbonyl (C=O) groups is 1. The van der Waals surface area contributed by atoms with E-state index in [1.54, 1.807) is 41.7 Å². The van der Waals surface area contributed by atoms with Crippen LogP contribution in [0.15, 0.2) is 46.2 Å². The minimum absolute atomic E-state index is 0.0198. The average Bonchev–Trinajstić information content (AvgIpc) is 3.01. The molecule has 1 atom stereocenters. The van der Waals surface area contributed by atoms with Crippen molar-refractivity contribution in [1.82, 2.24) is 0 Å². The zero-order chi connectivity index (χ0) is 14.8. The number of hydrogen-bond donors (Lipinski definition) is 0. The number of ether oxygens (including phenoxy) is 1. The highest BCUT2D eigenvalue weighted by atomic mass is 32.2. The summed E-state index contributed by atoms with van der Waals surface area (Å²) < 4.78 is 6.43. The number of non-ortho nitro benzene ring substituents is 1. The van der Waals surface area contributed by atoms with Gasteiger partial charge in [-0.25, -0.2) is 4.79 Å². The summed E-state index contributed by atoms with van der Waals surface area (Å²) in [6, 6.07) is 6.04. The van der Waals surface area contributed by atoms with Gasteiger partial charge >= 0.3 is 5.97 Å². The third-order valence-corrected chi connectivity index (χ3v) is 5.84. The largest absolute Gasteiger partial charge is 0.450 e. The van der Waals surface area contributed by atoms with Crippen molar-refractivity contribution in [2.45, 2.75) is 6.10 Å². The van der Waals surface area contributed by atoms with E-state index in [-0.39, 0.29) is 11.7 Å². The first-order valence-corrected chi connectivity index (χ1v) is 8.25. The summed E-state index contributed by atoms with van der Waals surface area (Å²) in [5, 5.41) is 10.6. The van der Waals surface area contributed by atoms with Crippen LogP contribution in [0, 0.1) is 10.1 Å². The molecule has 21 heavy (non-hydrogen) atoms. The predicted octanol–water partition coefficient (Wildman–Crippen LogP) is 3.44. The van der Waals surface area contributed by atoms with E-state index in [2.05, 4.69) is 0 Å². The first-order valence-electron chi connectivity index (χ1n) is 6.28. The van der Waals surface area contributed by atoms with Crippen molar-refractivity contribution in [3.63, 3.8) is 0 Å². The molecule has 1 fully saturated rings. The summed E-state index contributed by atoms with van der Waals surface area (Å²) in [5.41, 5.74) is 1.35. The minimum Gasteiger partial charge on any atom is -0.450 e. The smallest absolute Gasteiger partial charge is 0.340 e. The van der Waals surface area contributed by atoms with Crippen molar-refractivity contribution in [3.8, 4) is 0 Å². The average molecular weight is 321 g/mol. The number of benzene rings is 1. The van der Waals surface area contributed by atoms with Gasteiger partial charge in [-0.1, -0.05) is 0 Å². The number of thioether (sulfide) groups is 2. The molecule has 1 aromatic rings. The molecular formula is C14H11NO4S2. The summed E-state index contributed by atoms with van der Waals surface area (Å²) >= 11 is 3.34. The Morgan fingerprint density at radius 3 is 2.43 bits per heavy atom. The number of rotatable bonds is 2. The molecule has 0 spiro atoms. The summed E-state index contributed by atoms with van der Waals surface area (Å²) in [4.78, 5) is 22.2. The fourth-order valence-corrected chi connectivity index (χ4v) is 4.54. The SMILES string of the molecule is O=C1OC(c2ccc([N+](=O)[O-])cc2)C=CC1=C1SCCS1. The molecule has 0 saturated carbocycles. The molecule has 0 N–H and O–H groups in total. The first kappa shape index (κ1) is 14.2. The van der Waals surface area contributed by atoms with Crippen LogP contribution < -0.4 is 0 Å². The number of carbonyl (C=O) groups excluding carboxylic acids is 1. The first-order chi connectivity index (χ1) is 10.1. The lowest BCUT2D eigenvalue weighted by Gasteiger charge is -2.20. The molecule has 1 saturated heterocycles. The van der Waals surface area contributed by atoms with Crippen molar-refractivity contribution in [3.05, 3.63) is 61.9 Å². The summed E-state index contributed by atoms with van der Waals surface area (Å²) in [7, 11) is 0. The molecule has 0 aromatic heterocycles. The van der Waals surface area contributed by atoms with E-state index < -0.39 is 11.0 Å². The topological polar surface area (TPSA) is 69.4 Å². The van der Waals surface area contributed by atoms with Gasteiger partial charge in [-0.15, -0.1) is 23.5 Å². The van der Waals surface area contributed by atoms with Gasteiger partial charge < -0.3 is 4.74 Å². The van der Waals surface area contributed by atoms with Crippen molar-refractivity contribution in [2.75, 3.05) is 11.5 Å². The predicted molar refractivity (Wildman–Crippen MR) is 83.0 cm³/mol. The van der Waals surface area contributed by atoms with E-state index in [9.17, 15) is 14.9 Å². The van der Waals surface area contributed by atoms with Crippen molar-refractivity contribution < 1.29 is 14.5 Å². The van der Waals surface area contributed by atoms with Crippen LogP contribution in [0.2, 0.25) is 0 Å². The normalized spacial score (nSPS) is 21.5. The lowest BCUT2D eigenvalue weighted by Crippen LogP contribution is -2.16. The van der Waals surface area contributed by atoms with Gasteiger partial charge in [-0.05, 0) is 29.8 Å². The molecule has 0 amide bonds. The number of nitrogens with zero attached hydrogens (tertiary/aromatic N) is 1.